The average Bonchev–Trinajstić information content (AvgIpc) is 2.42. The van der Waals surface area contributed by atoms with Crippen molar-refractivity contribution in [2.24, 2.45) is 0 Å². The molecule has 0 aliphatic carbocycles. The first kappa shape index (κ1) is 16.9. The van der Waals surface area contributed by atoms with Crippen LogP contribution in [0.5, 0.6) is 0 Å². The molecular weight excluding hydrogens is 270 g/mol. The van der Waals surface area contributed by atoms with Gasteiger partial charge >= 0.3 is 0 Å². The van der Waals surface area contributed by atoms with Crippen molar-refractivity contribution < 1.29 is 9.59 Å². The SMILES string of the molecule is CCCCC(=O)Nc1cc(=O)cc(NC(=O)CCCC)[nH]1. The van der Waals surface area contributed by atoms with Gasteiger partial charge in [-0.3, -0.25) is 14.4 Å². The Balaban J connectivity index is 2.68. The highest BCUT2D eigenvalue weighted by Gasteiger charge is 2.06. The number of aromatic nitrogens is 1. The number of rotatable bonds is 8. The van der Waals surface area contributed by atoms with E-state index in [4.69, 9.17) is 0 Å². The Labute approximate surface area is 124 Å². The van der Waals surface area contributed by atoms with E-state index in [0.29, 0.717) is 24.5 Å². The zero-order chi connectivity index (χ0) is 15.7. The van der Waals surface area contributed by atoms with E-state index in [0.717, 1.165) is 25.7 Å². The molecule has 0 atom stereocenters. The summed E-state index contributed by atoms with van der Waals surface area (Å²) < 4.78 is 0. The number of unbranched alkanes of at least 4 members (excludes halogenated alkanes) is 2. The summed E-state index contributed by atoms with van der Waals surface area (Å²) in [5.74, 6) is 0.299. The van der Waals surface area contributed by atoms with Crippen molar-refractivity contribution in [1.29, 1.82) is 0 Å². The van der Waals surface area contributed by atoms with Gasteiger partial charge in [0.05, 0.1) is 0 Å². The van der Waals surface area contributed by atoms with Gasteiger partial charge in [-0.1, -0.05) is 26.7 Å². The molecule has 0 aliphatic heterocycles. The molecule has 21 heavy (non-hydrogen) atoms. The van der Waals surface area contributed by atoms with E-state index in [2.05, 4.69) is 15.6 Å². The molecule has 0 aromatic carbocycles. The maximum Gasteiger partial charge on any atom is 0.225 e. The lowest BCUT2D eigenvalue weighted by atomic mass is 10.2. The first-order valence-corrected chi connectivity index (χ1v) is 7.39. The third-order valence-corrected chi connectivity index (χ3v) is 2.91. The number of pyridine rings is 1. The quantitative estimate of drug-likeness (QED) is 0.688. The standard InChI is InChI=1S/C15H23N3O3/c1-3-5-7-14(20)17-12-9-11(19)10-13(16-12)18-15(21)8-6-4-2/h9-10H,3-8H2,1-2H3,(H3,16,17,18,19,20,21). The largest absolute Gasteiger partial charge is 0.328 e. The molecule has 0 radical (unpaired) electrons. The number of hydrogen-bond acceptors (Lipinski definition) is 3. The molecule has 1 rings (SSSR count). The van der Waals surface area contributed by atoms with Crippen LogP contribution in [0, 0.1) is 0 Å². The van der Waals surface area contributed by atoms with Crippen LogP contribution in [0.2, 0.25) is 0 Å². The van der Waals surface area contributed by atoms with Gasteiger partial charge in [0, 0.05) is 25.0 Å². The molecule has 6 heteroatoms. The van der Waals surface area contributed by atoms with Crippen LogP contribution < -0.4 is 16.1 Å². The van der Waals surface area contributed by atoms with Gasteiger partial charge in [-0.25, -0.2) is 0 Å². The van der Waals surface area contributed by atoms with Crippen molar-refractivity contribution in [1.82, 2.24) is 4.98 Å². The highest BCUT2D eigenvalue weighted by atomic mass is 16.2. The number of aromatic amines is 1. The van der Waals surface area contributed by atoms with E-state index in [9.17, 15) is 14.4 Å². The average molecular weight is 293 g/mol. The topological polar surface area (TPSA) is 91.1 Å². The van der Waals surface area contributed by atoms with Gasteiger partial charge < -0.3 is 15.6 Å². The molecule has 0 saturated heterocycles. The molecule has 1 aromatic heterocycles. The third kappa shape index (κ3) is 6.74. The van der Waals surface area contributed by atoms with E-state index in [-0.39, 0.29) is 17.2 Å². The van der Waals surface area contributed by atoms with Crippen LogP contribution in [-0.2, 0) is 9.59 Å². The van der Waals surface area contributed by atoms with Gasteiger partial charge in [-0.15, -0.1) is 0 Å². The highest BCUT2D eigenvalue weighted by molar-refractivity contribution is 5.91. The number of anilines is 2. The fourth-order valence-corrected chi connectivity index (χ4v) is 1.78. The molecule has 1 aromatic rings. The maximum atomic E-state index is 11.6. The van der Waals surface area contributed by atoms with Crippen molar-refractivity contribution in [2.75, 3.05) is 10.6 Å². The predicted molar refractivity (Wildman–Crippen MR) is 83.4 cm³/mol. The maximum absolute atomic E-state index is 11.6. The summed E-state index contributed by atoms with van der Waals surface area (Å²) >= 11 is 0. The summed E-state index contributed by atoms with van der Waals surface area (Å²) in [6.07, 6.45) is 4.26. The van der Waals surface area contributed by atoms with E-state index in [1.54, 1.807) is 0 Å². The first-order valence-electron chi connectivity index (χ1n) is 7.39. The molecule has 116 valence electrons. The van der Waals surface area contributed by atoms with Crippen molar-refractivity contribution in [3.05, 3.63) is 22.4 Å². The Morgan fingerprint density at radius 3 is 1.76 bits per heavy atom. The number of hydrogen-bond donors (Lipinski definition) is 3. The lowest BCUT2D eigenvalue weighted by Gasteiger charge is -2.09. The molecule has 0 saturated carbocycles. The molecule has 6 nitrogen and oxygen atoms in total. The number of carbonyl (C=O) groups excluding carboxylic acids is 2. The predicted octanol–water partition coefficient (Wildman–Crippen LogP) is 2.63. The number of carbonyl (C=O) groups is 2. The van der Waals surface area contributed by atoms with Crippen LogP contribution in [0.3, 0.4) is 0 Å². The fraction of sp³-hybridized carbons (Fsp3) is 0.533. The second kappa shape index (κ2) is 8.94. The van der Waals surface area contributed by atoms with E-state index >= 15 is 0 Å². The summed E-state index contributed by atoms with van der Waals surface area (Å²) in [6, 6.07) is 2.59. The van der Waals surface area contributed by atoms with Gasteiger partial charge in [-0.2, -0.15) is 0 Å². The second-order valence-corrected chi connectivity index (χ2v) is 4.95. The minimum Gasteiger partial charge on any atom is -0.328 e. The van der Waals surface area contributed by atoms with Crippen LogP contribution in [0.25, 0.3) is 0 Å². The Kier molecular flexibility index (Phi) is 7.21. The summed E-state index contributed by atoms with van der Waals surface area (Å²) in [5.41, 5.74) is -0.273. The summed E-state index contributed by atoms with van der Waals surface area (Å²) in [6.45, 7) is 4.00. The van der Waals surface area contributed by atoms with E-state index in [1.807, 2.05) is 13.8 Å². The molecule has 2 amide bonds. The van der Waals surface area contributed by atoms with Gasteiger partial charge in [0.25, 0.3) is 0 Å². The van der Waals surface area contributed by atoms with Crippen LogP contribution in [0.1, 0.15) is 52.4 Å². The van der Waals surface area contributed by atoms with Crippen molar-refractivity contribution in [3.63, 3.8) is 0 Å². The zero-order valence-electron chi connectivity index (χ0n) is 12.6. The van der Waals surface area contributed by atoms with Crippen molar-refractivity contribution >= 4 is 23.5 Å². The zero-order valence-corrected chi connectivity index (χ0v) is 12.6. The van der Waals surface area contributed by atoms with Gasteiger partial charge in [-0.05, 0) is 12.8 Å². The monoisotopic (exact) mass is 293 g/mol. The first-order chi connectivity index (χ1) is 10.0. The summed E-state index contributed by atoms with van der Waals surface area (Å²) in [4.78, 5) is 37.7. The fourth-order valence-electron chi connectivity index (χ4n) is 1.78. The minimum atomic E-state index is -0.273. The van der Waals surface area contributed by atoms with Crippen LogP contribution in [-0.4, -0.2) is 16.8 Å². The van der Waals surface area contributed by atoms with Crippen LogP contribution in [0.15, 0.2) is 16.9 Å². The molecule has 1 heterocycles. The molecule has 0 aliphatic rings. The normalized spacial score (nSPS) is 10.2. The van der Waals surface area contributed by atoms with Gasteiger partial charge in [0.2, 0.25) is 11.8 Å². The minimum absolute atomic E-state index is 0.151. The van der Waals surface area contributed by atoms with E-state index < -0.39 is 0 Å². The Bertz CT molecular complexity index is 494. The molecular formula is C15H23N3O3. The Hall–Kier alpha value is -2.11. The van der Waals surface area contributed by atoms with Crippen molar-refractivity contribution in [3.8, 4) is 0 Å². The second-order valence-electron chi connectivity index (χ2n) is 4.95. The molecule has 0 fully saturated rings. The van der Waals surface area contributed by atoms with Gasteiger partial charge in [0.15, 0.2) is 5.43 Å². The molecule has 3 N–H and O–H groups in total. The summed E-state index contributed by atoms with van der Waals surface area (Å²) in [5, 5.41) is 5.26. The molecule has 0 unspecified atom stereocenters. The molecule has 0 bridgehead atoms. The number of amides is 2. The number of nitrogens with one attached hydrogen (secondary N) is 3. The smallest absolute Gasteiger partial charge is 0.225 e. The molecule has 0 spiro atoms. The van der Waals surface area contributed by atoms with Crippen LogP contribution >= 0.6 is 0 Å². The Morgan fingerprint density at radius 1 is 0.952 bits per heavy atom. The van der Waals surface area contributed by atoms with Crippen LogP contribution in [0.4, 0.5) is 11.6 Å². The Morgan fingerprint density at radius 2 is 1.38 bits per heavy atom. The lowest BCUT2D eigenvalue weighted by Crippen LogP contribution is -2.18. The van der Waals surface area contributed by atoms with E-state index in [1.165, 1.54) is 12.1 Å². The van der Waals surface area contributed by atoms with Crippen molar-refractivity contribution in [2.45, 2.75) is 52.4 Å². The highest BCUT2D eigenvalue weighted by Crippen LogP contribution is 2.08. The third-order valence-electron chi connectivity index (χ3n) is 2.91. The lowest BCUT2D eigenvalue weighted by molar-refractivity contribution is -0.117. The number of H-pyrrole nitrogens is 1. The van der Waals surface area contributed by atoms with Gasteiger partial charge in [0.1, 0.15) is 11.6 Å². The summed E-state index contributed by atoms with van der Waals surface area (Å²) in [7, 11) is 0.